The van der Waals surface area contributed by atoms with Crippen LogP contribution >= 0.6 is 11.8 Å². The molecule has 3 N–H and O–H groups in total. The summed E-state index contributed by atoms with van der Waals surface area (Å²) in [6.45, 7) is 2.40. The number of piperidine rings is 1. The molecule has 3 aliphatic heterocycles. The number of hydrogen-bond donors (Lipinski definition) is 3. The molecule has 0 bridgehead atoms. The maximum Gasteiger partial charge on any atom is 0.329 e. The predicted molar refractivity (Wildman–Crippen MR) is 132 cm³/mol. The molecule has 2 saturated heterocycles. The number of carboxylic acids is 2. The molecule has 1 atom stereocenters. The van der Waals surface area contributed by atoms with Crippen molar-refractivity contribution in [2.45, 2.75) is 37.4 Å². The molecule has 0 amide bonds. The molecule has 1 aromatic rings. The summed E-state index contributed by atoms with van der Waals surface area (Å²) in [5.41, 5.74) is 1.95. The Balaban J connectivity index is 1.35. The third kappa shape index (κ3) is 6.74. The highest BCUT2D eigenvalue weighted by Crippen LogP contribution is 2.34. The molecule has 0 aromatic heterocycles. The van der Waals surface area contributed by atoms with Crippen molar-refractivity contribution in [1.82, 2.24) is 9.80 Å². The van der Waals surface area contributed by atoms with E-state index in [2.05, 4.69) is 10.1 Å². The van der Waals surface area contributed by atoms with Gasteiger partial charge in [-0.15, -0.1) is 0 Å². The van der Waals surface area contributed by atoms with E-state index < -0.39 is 24.1 Å². The van der Waals surface area contributed by atoms with Gasteiger partial charge in [-0.25, -0.2) is 4.79 Å². The zero-order valence-corrected chi connectivity index (χ0v) is 20.5. The minimum atomic E-state index is -1.03. The van der Waals surface area contributed by atoms with Crippen LogP contribution in [0.15, 0.2) is 29.4 Å². The first kappa shape index (κ1) is 25.5. The molecule has 35 heavy (non-hydrogen) atoms. The number of carbonyl (C=O) groups is 2. The van der Waals surface area contributed by atoms with E-state index in [9.17, 15) is 9.59 Å². The summed E-state index contributed by atoms with van der Waals surface area (Å²) in [6.07, 6.45) is 1.90. The van der Waals surface area contributed by atoms with Crippen LogP contribution in [0.5, 0.6) is 0 Å². The number of rotatable bonds is 9. The Morgan fingerprint density at radius 2 is 1.80 bits per heavy atom. The number of nitrogens with one attached hydrogen (secondary N) is 1. The number of aliphatic carboxylic acids is 2. The van der Waals surface area contributed by atoms with Crippen LogP contribution in [0.3, 0.4) is 0 Å². The highest BCUT2D eigenvalue weighted by atomic mass is 32.2. The molecular weight excluding hydrogens is 472 g/mol. The second-order valence-electron chi connectivity index (χ2n) is 9.23. The quantitative estimate of drug-likeness (QED) is 0.341. The summed E-state index contributed by atoms with van der Waals surface area (Å²) >= 11 is 1.92. The number of carboxylic acid groups (broad SMARTS) is 2. The van der Waals surface area contributed by atoms with Crippen LogP contribution in [-0.2, 0) is 19.2 Å². The first-order valence-corrected chi connectivity index (χ1v) is 13.0. The van der Waals surface area contributed by atoms with Crippen molar-refractivity contribution >= 4 is 35.2 Å². The third-order valence-corrected chi connectivity index (χ3v) is 7.72. The van der Waals surface area contributed by atoms with Gasteiger partial charge in [0.15, 0.2) is 0 Å². The van der Waals surface area contributed by atoms with Gasteiger partial charge in [0.25, 0.3) is 0 Å². The number of benzene rings is 1. The van der Waals surface area contributed by atoms with Gasteiger partial charge < -0.3 is 24.7 Å². The van der Waals surface area contributed by atoms with Crippen molar-refractivity contribution in [3.63, 3.8) is 0 Å². The molecule has 0 aliphatic carbocycles. The van der Waals surface area contributed by atoms with Crippen molar-refractivity contribution in [2.75, 3.05) is 50.8 Å². The largest absolute Gasteiger partial charge is 0.480 e. The van der Waals surface area contributed by atoms with Crippen molar-refractivity contribution in [3.8, 4) is 0 Å². The molecular formula is C24H32N4O6S. The third-order valence-electron chi connectivity index (χ3n) is 6.78. The Labute approximate surface area is 208 Å². The number of likely N-dealkylation sites (tertiary alicyclic amines) is 1. The molecule has 190 valence electrons. The monoisotopic (exact) mass is 504 g/mol. The van der Waals surface area contributed by atoms with E-state index in [1.165, 1.54) is 0 Å². The summed E-state index contributed by atoms with van der Waals surface area (Å²) in [5, 5.41) is 31.0. The normalized spacial score (nSPS) is 22.3. The zero-order chi connectivity index (χ0) is 24.8. The predicted octanol–water partition coefficient (Wildman–Crippen LogP) is 1.96. The van der Waals surface area contributed by atoms with E-state index in [1.54, 1.807) is 0 Å². The van der Waals surface area contributed by atoms with E-state index in [1.807, 2.05) is 40.9 Å². The minimum absolute atomic E-state index is 0.0353. The number of oxime groups is 1. The molecule has 1 unspecified atom stereocenters. The zero-order valence-electron chi connectivity index (χ0n) is 19.6. The van der Waals surface area contributed by atoms with Crippen LogP contribution in [0.25, 0.3) is 0 Å². The lowest BCUT2D eigenvalue weighted by Gasteiger charge is -2.41. The van der Waals surface area contributed by atoms with Crippen LogP contribution in [0.2, 0.25) is 0 Å². The van der Waals surface area contributed by atoms with Crippen molar-refractivity contribution in [1.29, 1.82) is 5.41 Å². The van der Waals surface area contributed by atoms with Gasteiger partial charge in [0.2, 0.25) is 0 Å². The SMILES string of the molecule is N=C(c1ccc(C2=NOC(CC3(OCC(=O)O)CCN(CC(=O)O)CC3)C2)cc1)N1CCSCC1. The van der Waals surface area contributed by atoms with E-state index in [4.69, 9.17) is 25.2 Å². The van der Waals surface area contributed by atoms with E-state index in [-0.39, 0.29) is 12.6 Å². The Morgan fingerprint density at radius 1 is 1.11 bits per heavy atom. The lowest BCUT2D eigenvalue weighted by atomic mass is 9.84. The first-order valence-electron chi connectivity index (χ1n) is 11.9. The average Bonchev–Trinajstić information content (AvgIpc) is 3.32. The Kier molecular flexibility index (Phi) is 8.30. The van der Waals surface area contributed by atoms with E-state index in [0.29, 0.717) is 44.6 Å². The van der Waals surface area contributed by atoms with Gasteiger partial charge in [-0.3, -0.25) is 15.1 Å². The summed E-state index contributed by atoms with van der Waals surface area (Å²) in [4.78, 5) is 31.9. The lowest BCUT2D eigenvalue weighted by Crippen LogP contribution is -2.49. The molecule has 11 heteroatoms. The smallest absolute Gasteiger partial charge is 0.329 e. The Hall–Kier alpha value is -2.63. The highest BCUT2D eigenvalue weighted by Gasteiger charge is 2.40. The van der Waals surface area contributed by atoms with Gasteiger partial charge in [-0.2, -0.15) is 11.8 Å². The fourth-order valence-electron chi connectivity index (χ4n) is 4.85. The van der Waals surface area contributed by atoms with Gasteiger partial charge in [0.05, 0.1) is 17.9 Å². The molecule has 3 aliphatic rings. The average molecular weight is 505 g/mol. The topological polar surface area (TPSA) is 136 Å². The van der Waals surface area contributed by atoms with Gasteiger partial charge in [-0.05, 0) is 18.4 Å². The summed E-state index contributed by atoms with van der Waals surface area (Å²) in [5.74, 6) is 0.732. The number of thioether (sulfide) groups is 1. The fourth-order valence-corrected chi connectivity index (χ4v) is 5.75. The Morgan fingerprint density at radius 3 is 2.43 bits per heavy atom. The lowest BCUT2D eigenvalue weighted by molar-refractivity contribution is -0.159. The summed E-state index contributed by atoms with van der Waals surface area (Å²) in [7, 11) is 0. The second kappa shape index (κ2) is 11.4. The summed E-state index contributed by atoms with van der Waals surface area (Å²) in [6, 6.07) is 7.83. The van der Waals surface area contributed by atoms with Gasteiger partial charge in [0, 0.05) is 56.1 Å². The first-order chi connectivity index (χ1) is 16.8. The number of ether oxygens (including phenoxy) is 1. The van der Waals surface area contributed by atoms with Gasteiger partial charge in [0.1, 0.15) is 18.5 Å². The standard InChI is InChI=1S/C24H32N4O6S/c25-23(28-9-11-35-12-10-28)18-3-1-17(2-4-18)20-13-19(34-26-20)14-24(33-16-22(31)32)5-7-27(8-6-24)15-21(29)30/h1-4,19,25H,5-16H2,(H,29,30)(H,31,32). The van der Waals surface area contributed by atoms with Crippen LogP contribution < -0.4 is 0 Å². The maximum atomic E-state index is 11.2. The second-order valence-corrected chi connectivity index (χ2v) is 10.5. The molecule has 0 radical (unpaired) electrons. The minimum Gasteiger partial charge on any atom is -0.480 e. The molecule has 0 spiro atoms. The Bertz CT molecular complexity index is 955. The number of amidine groups is 1. The molecule has 4 rings (SSSR count). The van der Waals surface area contributed by atoms with Crippen LogP contribution in [0, 0.1) is 5.41 Å². The molecule has 0 saturated carbocycles. The summed E-state index contributed by atoms with van der Waals surface area (Å²) < 4.78 is 5.85. The molecule has 10 nitrogen and oxygen atoms in total. The van der Waals surface area contributed by atoms with Crippen molar-refractivity contribution in [3.05, 3.63) is 35.4 Å². The van der Waals surface area contributed by atoms with Crippen LogP contribution in [-0.4, -0.2) is 106 Å². The molecule has 2 fully saturated rings. The number of hydrogen-bond acceptors (Lipinski definition) is 8. The fraction of sp³-hybridized carbons (Fsp3) is 0.583. The van der Waals surface area contributed by atoms with Crippen LogP contribution in [0.1, 0.15) is 36.8 Å². The van der Waals surface area contributed by atoms with E-state index in [0.717, 1.165) is 41.4 Å². The number of nitrogens with zero attached hydrogens (tertiary/aromatic N) is 3. The highest BCUT2D eigenvalue weighted by molar-refractivity contribution is 7.99. The molecule has 1 aromatic carbocycles. The van der Waals surface area contributed by atoms with Gasteiger partial charge in [-0.1, -0.05) is 29.4 Å². The van der Waals surface area contributed by atoms with Crippen molar-refractivity contribution in [2.24, 2.45) is 5.16 Å². The van der Waals surface area contributed by atoms with Gasteiger partial charge >= 0.3 is 11.9 Å². The van der Waals surface area contributed by atoms with E-state index >= 15 is 0 Å². The van der Waals surface area contributed by atoms with Crippen LogP contribution in [0.4, 0.5) is 0 Å². The maximum absolute atomic E-state index is 11.2. The van der Waals surface area contributed by atoms with Crippen molar-refractivity contribution < 1.29 is 29.4 Å². The molecule has 3 heterocycles.